The lowest BCUT2D eigenvalue weighted by Gasteiger charge is -2.17. The van der Waals surface area contributed by atoms with Crippen molar-refractivity contribution in [2.24, 2.45) is 0 Å². The fourth-order valence-corrected chi connectivity index (χ4v) is 2.36. The Hall–Kier alpha value is 1.07. The molecule has 7 heteroatoms. The Labute approximate surface area is 139 Å². The van der Waals surface area contributed by atoms with Crippen LogP contribution in [0.25, 0.3) is 0 Å². The molecule has 0 unspecified atom stereocenters. The highest BCUT2D eigenvalue weighted by Gasteiger charge is 2.25. The molecule has 0 aliphatic rings. The molecular weight excluding hydrogens is 399 g/mol. The number of hydrogen-bond donors (Lipinski definition) is 0. The van der Waals surface area contributed by atoms with Gasteiger partial charge < -0.3 is 0 Å². The van der Waals surface area contributed by atoms with Crippen LogP contribution in [0.1, 0.15) is 59.3 Å². The van der Waals surface area contributed by atoms with Crippen LogP contribution in [0.2, 0.25) is 0 Å². The highest BCUT2D eigenvalue weighted by molar-refractivity contribution is 8.93. The van der Waals surface area contributed by atoms with Gasteiger partial charge in [0.15, 0.2) is 0 Å². The fourth-order valence-electron chi connectivity index (χ4n) is 1.07. The minimum Gasteiger partial charge on any atom is -0.287 e. The van der Waals surface area contributed by atoms with E-state index in [1.54, 1.807) is 0 Å². The second-order valence-electron chi connectivity index (χ2n) is 4.01. The van der Waals surface area contributed by atoms with Crippen LogP contribution in [-0.2, 0) is 18.1 Å². The molecule has 4 nitrogen and oxygen atoms in total. The largest absolute Gasteiger partial charge is 0.474 e. The van der Waals surface area contributed by atoms with Crippen molar-refractivity contribution >= 4 is 41.8 Å². The molecule has 0 aromatic carbocycles. The number of phosphoric ester groups is 1. The first-order valence-electron chi connectivity index (χ1n) is 6.72. The van der Waals surface area contributed by atoms with Gasteiger partial charge in [0.2, 0.25) is 0 Å². The molecule has 0 heterocycles. The molecule has 0 bridgehead atoms. The zero-order valence-electron chi connectivity index (χ0n) is 12.3. The van der Waals surface area contributed by atoms with Crippen LogP contribution in [0, 0.1) is 0 Å². The summed E-state index contributed by atoms with van der Waals surface area (Å²) < 4.78 is 28.0. The molecule has 0 aromatic rings. The monoisotopic (exact) mass is 426 g/mol. The van der Waals surface area contributed by atoms with E-state index in [1.165, 1.54) is 0 Å². The maximum absolute atomic E-state index is 12.2. The molecule has 0 atom stereocenters. The molecular formula is C12H29Br2O4P. The average Bonchev–Trinajstić information content (AvgIpc) is 2.30. The summed E-state index contributed by atoms with van der Waals surface area (Å²) in [7, 11) is -3.31. The second kappa shape index (κ2) is 17.1. The van der Waals surface area contributed by atoms with E-state index in [-0.39, 0.29) is 34.0 Å². The molecule has 19 heavy (non-hydrogen) atoms. The fraction of sp³-hybridized carbons (Fsp3) is 1.00. The van der Waals surface area contributed by atoms with Gasteiger partial charge in [-0.15, -0.1) is 34.0 Å². The molecule has 0 aliphatic carbocycles. The standard InChI is InChI=1S/C12H27O4P.2BrH/c1-4-7-10-14-17(13,15-11-8-5-2)16-12-9-6-3;;/h4-12H2,1-3H3;2*1H. The average molecular weight is 428 g/mol. The predicted molar refractivity (Wildman–Crippen MR) is 90.8 cm³/mol. The van der Waals surface area contributed by atoms with Gasteiger partial charge in [-0.25, -0.2) is 4.57 Å². The minimum atomic E-state index is -3.31. The summed E-state index contributed by atoms with van der Waals surface area (Å²) in [5.41, 5.74) is 0. The Morgan fingerprint density at radius 2 is 0.947 bits per heavy atom. The van der Waals surface area contributed by atoms with Crippen molar-refractivity contribution < 1.29 is 18.1 Å². The first-order chi connectivity index (χ1) is 8.18. The molecule has 0 aromatic heterocycles. The Balaban J connectivity index is -0.00000128. The van der Waals surface area contributed by atoms with Crippen LogP contribution in [0.4, 0.5) is 0 Å². The zero-order chi connectivity index (χ0) is 13.0. The van der Waals surface area contributed by atoms with Crippen molar-refractivity contribution in [3.05, 3.63) is 0 Å². The first kappa shape index (κ1) is 25.0. The molecule has 0 radical (unpaired) electrons. The van der Waals surface area contributed by atoms with Crippen LogP contribution in [0.3, 0.4) is 0 Å². The van der Waals surface area contributed by atoms with Gasteiger partial charge in [-0.1, -0.05) is 40.0 Å². The molecule has 120 valence electrons. The van der Waals surface area contributed by atoms with Gasteiger partial charge in [-0.2, -0.15) is 0 Å². The van der Waals surface area contributed by atoms with Crippen molar-refractivity contribution in [3.8, 4) is 0 Å². The van der Waals surface area contributed by atoms with Gasteiger partial charge in [0.05, 0.1) is 19.8 Å². The van der Waals surface area contributed by atoms with Crippen molar-refractivity contribution in [3.63, 3.8) is 0 Å². The Bertz CT molecular complexity index is 185. The zero-order valence-corrected chi connectivity index (χ0v) is 16.6. The van der Waals surface area contributed by atoms with Crippen LogP contribution in [0.5, 0.6) is 0 Å². The van der Waals surface area contributed by atoms with Gasteiger partial charge in [0.25, 0.3) is 0 Å². The van der Waals surface area contributed by atoms with E-state index in [0.717, 1.165) is 38.5 Å². The van der Waals surface area contributed by atoms with E-state index in [2.05, 4.69) is 20.8 Å². The number of halogens is 2. The van der Waals surface area contributed by atoms with Crippen molar-refractivity contribution in [1.29, 1.82) is 0 Å². The molecule has 0 amide bonds. The normalized spacial score (nSPS) is 10.7. The first-order valence-corrected chi connectivity index (χ1v) is 8.18. The SMILES string of the molecule is Br.Br.CCCCOP(=O)(OCCCC)OCCCC. The van der Waals surface area contributed by atoms with Crippen LogP contribution < -0.4 is 0 Å². The van der Waals surface area contributed by atoms with E-state index >= 15 is 0 Å². The Morgan fingerprint density at radius 3 is 1.16 bits per heavy atom. The smallest absolute Gasteiger partial charge is 0.287 e. The molecule has 0 saturated carbocycles. The van der Waals surface area contributed by atoms with E-state index < -0.39 is 7.82 Å². The van der Waals surface area contributed by atoms with Gasteiger partial charge in [0, 0.05) is 0 Å². The maximum atomic E-state index is 12.2. The van der Waals surface area contributed by atoms with Gasteiger partial charge in [-0.3, -0.25) is 13.6 Å². The predicted octanol–water partition coefficient (Wildman–Crippen LogP) is 5.70. The third-order valence-corrected chi connectivity index (χ3v) is 3.74. The van der Waals surface area contributed by atoms with Crippen molar-refractivity contribution in [2.45, 2.75) is 59.3 Å². The number of hydrogen-bond acceptors (Lipinski definition) is 4. The highest BCUT2D eigenvalue weighted by atomic mass is 79.9. The number of rotatable bonds is 12. The van der Waals surface area contributed by atoms with E-state index in [1.807, 2.05) is 0 Å². The molecule has 0 saturated heterocycles. The lowest BCUT2D eigenvalue weighted by Crippen LogP contribution is -2.03. The van der Waals surface area contributed by atoms with Crippen LogP contribution in [0.15, 0.2) is 0 Å². The molecule has 0 N–H and O–H groups in total. The maximum Gasteiger partial charge on any atom is 0.474 e. The highest BCUT2D eigenvalue weighted by Crippen LogP contribution is 2.49. The summed E-state index contributed by atoms with van der Waals surface area (Å²) in [6.45, 7) is 7.49. The molecule has 0 spiro atoms. The van der Waals surface area contributed by atoms with Crippen LogP contribution >= 0.6 is 41.8 Å². The topological polar surface area (TPSA) is 44.8 Å². The van der Waals surface area contributed by atoms with Crippen LogP contribution in [-0.4, -0.2) is 19.8 Å². The minimum absolute atomic E-state index is 0. The van der Waals surface area contributed by atoms with E-state index in [4.69, 9.17) is 13.6 Å². The lowest BCUT2D eigenvalue weighted by molar-refractivity contribution is 0.110. The molecule has 0 aliphatic heterocycles. The summed E-state index contributed by atoms with van der Waals surface area (Å²) in [6, 6.07) is 0. The van der Waals surface area contributed by atoms with Gasteiger partial charge in [0.1, 0.15) is 0 Å². The Kier molecular flexibility index (Phi) is 22.6. The second-order valence-corrected chi connectivity index (χ2v) is 5.68. The number of unbranched alkanes of at least 4 members (excludes halogenated alkanes) is 3. The van der Waals surface area contributed by atoms with Gasteiger partial charge >= 0.3 is 7.82 Å². The number of phosphoric acid groups is 1. The third-order valence-electron chi connectivity index (χ3n) is 2.24. The summed E-state index contributed by atoms with van der Waals surface area (Å²) in [5.74, 6) is 0. The quantitative estimate of drug-likeness (QED) is 0.296. The van der Waals surface area contributed by atoms with E-state index in [0.29, 0.717) is 19.8 Å². The third kappa shape index (κ3) is 15.3. The summed E-state index contributed by atoms with van der Waals surface area (Å²) >= 11 is 0. The van der Waals surface area contributed by atoms with Crippen molar-refractivity contribution in [1.82, 2.24) is 0 Å². The lowest BCUT2D eigenvalue weighted by atomic mass is 10.4. The summed E-state index contributed by atoms with van der Waals surface area (Å²) in [6.07, 6.45) is 5.63. The van der Waals surface area contributed by atoms with Crippen molar-refractivity contribution in [2.75, 3.05) is 19.8 Å². The summed E-state index contributed by atoms with van der Waals surface area (Å²) in [4.78, 5) is 0. The molecule has 0 fully saturated rings. The summed E-state index contributed by atoms with van der Waals surface area (Å²) in [5, 5.41) is 0. The van der Waals surface area contributed by atoms with Gasteiger partial charge in [-0.05, 0) is 19.3 Å². The van der Waals surface area contributed by atoms with E-state index in [9.17, 15) is 4.57 Å². The molecule has 0 rings (SSSR count). The Morgan fingerprint density at radius 1 is 0.684 bits per heavy atom.